The zero-order chi connectivity index (χ0) is 13.9. The van der Waals surface area contributed by atoms with Crippen molar-refractivity contribution in [3.05, 3.63) is 65.0 Å². The molecule has 4 heteroatoms. The number of para-hydroxylation sites is 2. The summed E-state index contributed by atoms with van der Waals surface area (Å²) in [4.78, 5) is 4.31. The Morgan fingerprint density at radius 1 is 1.15 bits per heavy atom. The number of hydrogen-bond donors (Lipinski definition) is 0. The van der Waals surface area contributed by atoms with Crippen LogP contribution in [-0.4, -0.2) is 4.98 Å². The summed E-state index contributed by atoms with van der Waals surface area (Å²) in [6.45, 7) is 0. The van der Waals surface area contributed by atoms with Gasteiger partial charge in [-0.3, -0.25) is 0 Å². The first-order valence-corrected chi connectivity index (χ1v) is 6.38. The highest BCUT2D eigenvalue weighted by molar-refractivity contribution is 6.32. The van der Waals surface area contributed by atoms with E-state index in [4.69, 9.17) is 16.0 Å². The van der Waals surface area contributed by atoms with Gasteiger partial charge in [0.15, 0.2) is 5.58 Å². The Morgan fingerprint density at radius 3 is 2.65 bits per heavy atom. The third kappa shape index (κ3) is 2.29. The molecule has 0 unspecified atom stereocenters. The van der Waals surface area contributed by atoms with E-state index in [9.17, 15) is 5.26 Å². The fourth-order valence-corrected chi connectivity index (χ4v) is 2.07. The third-order valence-corrected chi connectivity index (χ3v) is 3.19. The van der Waals surface area contributed by atoms with E-state index in [0.29, 0.717) is 22.1 Å². The maximum atomic E-state index is 9.30. The van der Waals surface area contributed by atoms with Crippen LogP contribution in [0.1, 0.15) is 11.5 Å². The Labute approximate surface area is 120 Å². The maximum absolute atomic E-state index is 9.30. The number of nitrogens with zero attached hydrogens (tertiary/aromatic N) is 2. The van der Waals surface area contributed by atoms with Crippen LogP contribution in [0.5, 0.6) is 0 Å². The first kappa shape index (κ1) is 12.5. The molecule has 96 valence electrons. The van der Waals surface area contributed by atoms with Gasteiger partial charge in [0.1, 0.15) is 17.2 Å². The van der Waals surface area contributed by atoms with Crippen LogP contribution in [0.4, 0.5) is 0 Å². The molecule has 0 bridgehead atoms. The van der Waals surface area contributed by atoms with Crippen LogP contribution >= 0.6 is 11.6 Å². The molecule has 3 rings (SSSR count). The highest BCUT2D eigenvalue weighted by Gasteiger charge is 2.10. The van der Waals surface area contributed by atoms with E-state index in [2.05, 4.69) is 11.1 Å². The molecule has 20 heavy (non-hydrogen) atoms. The SMILES string of the molecule is N#C/C(=C\c1ccccc1Cl)c1nc2ccccc2o1. The van der Waals surface area contributed by atoms with Crippen molar-refractivity contribution in [2.45, 2.75) is 0 Å². The first-order chi connectivity index (χ1) is 9.78. The van der Waals surface area contributed by atoms with Crippen LogP contribution < -0.4 is 0 Å². The molecule has 1 aromatic heterocycles. The lowest BCUT2D eigenvalue weighted by atomic mass is 10.1. The summed E-state index contributed by atoms with van der Waals surface area (Å²) in [7, 11) is 0. The minimum absolute atomic E-state index is 0.300. The molecule has 0 radical (unpaired) electrons. The van der Waals surface area contributed by atoms with Gasteiger partial charge in [0.25, 0.3) is 0 Å². The Hall–Kier alpha value is -2.57. The van der Waals surface area contributed by atoms with Gasteiger partial charge in [-0.1, -0.05) is 41.9 Å². The second-order valence-corrected chi connectivity index (χ2v) is 4.59. The van der Waals surface area contributed by atoms with Gasteiger partial charge in [0.2, 0.25) is 5.89 Å². The van der Waals surface area contributed by atoms with Gasteiger partial charge in [-0.05, 0) is 29.8 Å². The normalized spacial score (nSPS) is 11.5. The van der Waals surface area contributed by atoms with Gasteiger partial charge in [-0.2, -0.15) is 5.26 Å². The van der Waals surface area contributed by atoms with Crippen molar-refractivity contribution in [1.82, 2.24) is 4.98 Å². The highest BCUT2D eigenvalue weighted by Crippen LogP contribution is 2.24. The summed E-state index contributed by atoms with van der Waals surface area (Å²) in [5.41, 5.74) is 2.48. The second kappa shape index (κ2) is 5.20. The molecule has 0 saturated heterocycles. The van der Waals surface area contributed by atoms with Gasteiger partial charge in [0.05, 0.1) is 0 Å². The largest absolute Gasteiger partial charge is 0.435 e. The zero-order valence-corrected chi connectivity index (χ0v) is 11.1. The number of aromatic nitrogens is 1. The average molecular weight is 281 g/mol. The molecule has 0 saturated carbocycles. The summed E-state index contributed by atoms with van der Waals surface area (Å²) >= 11 is 6.09. The number of rotatable bonds is 2. The predicted octanol–water partition coefficient (Wildman–Crippen LogP) is 4.55. The van der Waals surface area contributed by atoms with Crippen LogP contribution in [0, 0.1) is 11.3 Å². The second-order valence-electron chi connectivity index (χ2n) is 4.18. The lowest BCUT2D eigenvalue weighted by molar-refractivity contribution is 0.586. The fourth-order valence-electron chi connectivity index (χ4n) is 1.88. The van der Waals surface area contributed by atoms with Gasteiger partial charge >= 0.3 is 0 Å². The maximum Gasteiger partial charge on any atom is 0.238 e. The number of fused-ring (bicyclic) bond motifs is 1. The zero-order valence-electron chi connectivity index (χ0n) is 10.4. The molecule has 3 nitrogen and oxygen atoms in total. The summed E-state index contributed by atoms with van der Waals surface area (Å²) in [6, 6.07) is 16.8. The third-order valence-electron chi connectivity index (χ3n) is 2.85. The van der Waals surface area contributed by atoms with E-state index < -0.39 is 0 Å². The molecular weight excluding hydrogens is 272 g/mol. The van der Waals surface area contributed by atoms with E-state index in [1.807, 2.05) is 42.5 Å². The molecule has 0 atom stereocenters. The topological polar surface area (TPSA) is 49.8 Å². The molecule has 0 aliphatic heterocycles. The molecule has 0 aliphatic rings. The first-order valence-electron chi connectivity index (χ1n) is 6.00. The van der Waals surface area contributed by atoms with Crippen LogP contribution in [0.25, 0.3) is 22.7 Å². The summed E-state index contributed by atoms with van der Waals surface area (Å²) in [5, 5.41) is 9.88. The quantitative estimate of drug-likeness (QED) is 0.647. The highest BCUT2D eigenvalue weighted by atomic mass is 35.5. The van der Waals surface area contributed by atoms with E-state index in [1.165, 1.54) is 0 Å². The van der Waals surface area contributed by atoms with Crippen molar-refractivity contribution in [3.8, 4) is 6.07 Å². The summed E-state index contributed by atoms with van der Waals surface area (Å²) in [6.07, 6.45) is 1.67. The lowest BCUT2D eigenvalue weighted by Crippen LogP contribution is -1.82. The number of benzene rings is 2. The predicted molar refractivity (Wildman–Crippen MR) is 78.9 cm³/mol. The minimum Gasteiger partial charge on any atom is -0.435 e. The van der Waals surface area contributed by atoms with Crippen molar-refractivity contribution < 1.29 is 4.42 Å². The van der Waals surface area contributed by atoms with E-state index in [1.54, 1.807) is 12.1 Å². The number of hydrogen-bond acceptors (Lipinski definition) is 3. The molecule has 0 N–H and O–H groups in total. The summed E-state index contributed by atoms with van der Waals surface area (Å²) < 4.78 is 5.59. The minimum atomic E-state index is 0.300. The van der Waals surface area contributed by atoms with Crippen LogP contribution in [-0.2, 0) is 0 Å². The lowest BCUT2D eigenvalue weighted by Gasteiger charge is -1.97. The molecule has 0 aliphatic carbocycles. The summed E-state index contributed by atoms with van der Waals surface area (Å²) in [5.74, 6) is 0.300. The number of nitriles is 1. The number of oxazole rings is 1. The monoisotopic (exact) mass is 280 g/mol. The van der Waals surface area contributed by atoms with Crippen LogP contribution in [0.15, 0.2) is 52.9 Å². The average Bonchev–Trinajstić information content (AvgIpc) is 2.90. The number of halogens is 1. The molecule has 0 amide bonds. The van der Waals surface area contributed by atoms with E-state index >= 15 is 0 Å². The molecular formula is C16H9ClN2O. The van der Waals surface area contributed by atoms with Gasteiger partial charge in [0, 0.05) is 5.02 Å². The van der Waals surface area contributed by atoms with Crippen LogP contribution in [0.2, 0.25) is 5.02 Å². The molecule has 1 heterocycles. The van der Waals surface area contributed by atoms with Crippen molar-refractivity contribution >= 4 is 34.3 Å². The Bertz CT molecular complexity index is 810. The van der Waals surface area contributed by atoms with Crippen LogP contribution in [0.3, 0.4) is 0 Å². The standard InChI is InChI=1S/C16H9ClN2O/c17-13-6-2-1-5-11(13)9-12(10-18)16-19-14-7-3-4-8-15(14)20-16/h1-9H/b12-9+. The van der Waals surface area contributed by atoms with E-state index in [0.717, 1.165) is 11.1 Å². The Balaban J connectivity index is 2.10. The molecule has 0 fully saturated rings. The Kier molecular flexibility index (Phi) is 3.24. The van der Waals surface area contributed by atoms with Crippen molar-refractivity contribution in [2.75, 3.05) is 0 Å². The van der Waals surface area contributed by atoms with Crippen molar-refractivity contribution in [3.63, 3.8) is 0 Å². The van der Waals surface area contributed by atoms with Gasteiger partial charge in [-0.25, -0.2) is 4.98 Å². The van der Waals surface area contributed by atoms with Crippen molar-refractivity contribution in [2.24, 2.45) is 0 Å². The number of allylic oxidation sites excluding steroid dienone is 1. The van der Waals surface area contributed by atoms with E-state index in [-0.39, 0.29) is 0 Å². The fraction of sp³-hybridized carbons (Fsp3) is 0. The molecule has 3 aromatic rings. The molecule has 0 spiro atoms. The van der Waals surface area contributed by atoms with Gasteiger partial charge < -0.3 is 4.42 Å². The smallest absolute Gasteiger partial charge is 0.238 e. The van der Waals surface area contributed by atoms with Gasteiger partial charge in [-0.15, -0.1) is 0 Å². The Morgan fingerprint density at radius 2 is 1.90 bits per heavy atom. The van der Waals surface area contributed by atoms with Crippen molar-refractivity contribution in [1.29, 1.82) is 5.26 Å². The molecule has 2 aromatic carbocycles.